The molecule has 1 aromatic heterocycles. The number of para-hydroxylation sites is 1. The van der Waals surface area contributed by atoms with Crippen LogP contribution < -0.4 is 5.32 Å². The predicted octanol–water partition coefficient (Wildman–Crippen LogP) is 2.04. The molecular weight excluding hydrogens is 320 g/mol. The van der Waals surface area contributed by atoms with Gasteiger partial charge in [0, 0.05) is 6.42 Å². The maximum atomic E-state index is 11.6. The van der Waals surface area contributed by atoms with Crippen molar-refractivity contribution in [2.24, 2.45) is 0 Å². The van der Waals surface area contributed by atoms with Crippen LogP contribution in [0.2, 0.25) is 0 Å². The van der Waals surface area contributed by atoms with Crippen LogP contribution in [0.3, 0.4) is 0 Å². The smallest absolute Gasteiger partial charge is 0.413 e. The molecular formula is C15H16N2O5S. The normalized spacial score (nSPS) is 10.3. The molecule has 0 aliphatic carbocycles. The lowest BCUT2D eigenvalue weighted by Crippen LogP contribution is -2.34. The summed E-state index contributed by atoms with van der Waals surface area (Å²) in [6.45, 7) is 1.25. The summed E-state index contributed by atoms with van der Waals surface area (Å²) in [6.07, 6.45) is -0.299. The molecule has 0 atom stereocenters. The highest BCUT2D eigenvalue weighted by Gasteiger charge is 2.12. The maximum Gasteiger partial charge on any atom is 0.413 e. The fourth-order valence-corrected chi connectivity index (χ4v) is 2.74. The minimum atomic E-state index is -0.858. The van der Waals surface area contributed by atoms with Gasteiger partial charge in [-0.3, -0.25) is 14.9 Å². The number of aromatic nitrogens is 1. The van der Waals surface area contributed by atoms with Crippen LogP contribution in [0.1, 0.15) is 18.4 Å². The topological polar surface area (TPSA) is 94.6 Å². The van der Waals surface area contributed by atoms with Crippen molar-refractivity contribution in [1.29, 1.82) is 0 Å². The molecule has 2 aromatic rings. The molecule has 8 heteroatoms. The molecule has 2 amide bonds. The molecule has 0 spiro atoms. The van der Waals surface area contributed by atoms with Crippen LogP contribution in [0.15, 0.2) is 24.3 Å². The summed E-state index contributed by atoms with van der Waals surface area (Å²) >= 11 is 1.52. The summed E-state index contributed by atoms with van der Waals surface area (Å²) < 4.78 is 10.4. The summed E-state index contributed by atoms with van der Waals surface area (Å²) in [5, 5.41) is 2.77. The Morgan fingerprint density at radius 1 is 1.22 bits per heavy atom. The Labute approximate surface area is 136 Å². The Morgan fingerprint density at radius 2 is 2.00 bits per heavy atom. The number of fused-ring (bicyclic) bond motifs is 1. The van der Waals surface area contributed by atoms with Gasteiger partial charge in [-0.05, 0) is 19.1 Å². The SMILES string of the molecule is CCOC(=O)NC(=O)COC(=O)CCc1nc2ccccc2s1. The highest BCUT2D eigenvalue weighted by atomic mass is 32.1. The number of aryl methyl sites for hydroxylation is 1. The maximum absolute atomic E-state index is 11.6. The number of rotatable bonds is 6. The van der Waals surface area contributed by atoms with Gasteiger partial charge in [0.05, 0.1) is 28.3 Å². The zero-order valence-corrected chi connectivity index (χ0v) is 13.4. The van der Waals surface area contributed by atoms with E-state index in [-0.39, 0.29) is 13.0 Å². The molecule has 0 saturated carbocycles. The van der Waals surface area contributed by atoms with E-state index >= 15 is 0 Å². The first-order valence-electron chi connectivity index (χ1n) is 7.05. The molecule has 0 fully saturated rings. The molecule has 1 aromatic carbocycles. The average Bonchev–Trinajstić information content (AvgIpc) is 2.94. The summed E-state index contributed by atoms with van der Waals surface area (Å²) in [7, 11) is 0. The molecule has 0 saturated heterocycles. The van der Waals surface area contributed by atoms with E-state index in [1.807, 2.05) is 29.6 Å². The summed E-state index contributed by atoms with van der Waals surface area (Å²) in [4.78, 5) is 38.3. The van der Waals surface area contributed by atoms with Gasteiger partial charge >= 0.3 is 12.1 Å². The fraction of sp³-hybridized carbons (Fsp3) is 0.333. The molecule has 0 radical (unpaired) electrons. The van der Waals surface area contributed by atoms with Crippen molar-refractivity contribution in [3.8, 4) is 0 Å². The Kier molecular flexibility index (Phi) is 6.04. The van der Waals surface area contributed by atoms with Gasteiger partial charge in [0.2, 0.25) is 0 Å². The van der Waals surface area contributed by atoms with Gasteiger partial charge in [0.1, 0.15) is 0 Å². The number of nitrogens with zero attached hydrogens (tertiary/aromatic N) is 1. The van der Waals surface area contributed by atoms with E-state index in [1.165, 1.54) is 11.3 Å². The average molecular weight is 336 g/mol. The van der Waals surface area contributed by atoms with Gasteiger partial charge in [0.15, 0.2) is 6.61 Å². The number of nitrogens with one attached hydrogen (secondary N) is 1. The number of esters is 1. The molecule has 0 aliphatic heterocycles. The zero-order valence-electron chi connectivity index (χ0n) is 12.5. The Hall–Kier alpha value is -2.48. The Balaban J connectivity index is 1.72. The highest BCUT2D eigenvalue weighted by molar-refractivity contribution is 7.18. The van der Waals surface area contributed by atoms with E-state index in [2.05, 4.69) is 9.72 Å². The summed E-state index contributed by atoms with van der Waals surface area (Å²) in [6, 6.07) is 7.71. The number of hydrogen-bond acceptors (Lipinski definition) is 7. The molecule has 1 heterocycles. The van der Waals surface area contributed by atoms with E-state index < -0.39 is 24.6 Å². The second-order valence-electron chi connectivity index (χ2n) is 4.50. The van der Waals surface area contributed by atoms with Crippen LogP contribution in [-0.4, -0.2) is 36.2 Å². The number of carbonyl (C=O) groups excluding carboxylic acids is 3. The third kappa shape index (κ3) is 5.33. The van der Waals surface area contributed by atoms with Gasteiger partial charge in [-0.15, -0.1) is 11.3 Å². The van der Waals surface area contributed by atoms with Crippen LogP contribution in [-0.2, 0) is 25.5 Å². The van der Waals surface area contributed by atoms with Crippen LogP contribution in [0, 0.1) is 0 Å². The van der Waals surface area contributed by atoms with E-state index in [0.717, 1.165) is 15.2 Å². The second kappa shape index (κ2) is 8.23. The molecule has 7 nitrogen and oxygen atoms in total. The largest absolute Gasteiger partial charge is 0.456 e. The molecule has 0 unspecified atom stereocenters. The number of imide groups is 1. The quantitative estimate of drug-likeness (QED) is 0.811. The van der Waals surface area contributed by atoms with Gasteiger partial charge in [-0.2, -0.15) is 0 Å². The molecule has 2 rings (SSSR count). The third-order valence-electron chi connectivity index (χ3n) is 2.76. The molecule has 1 N–H and O–H groups in total. The first-order valence-corrected chi connectivity index (χ1v) is 7.87. The van der Waals surface area contributed by atoms with Gasteiger partial charge in [-0.25, -0.2) is 9.78 Å². The third-order valence-corrected chi connectivity index (χ3v) is 3.86. The van der Waals surface area contributed by atoms with Gasteiger partial charge in [-0.1, -0.05) is 12.1 Å². The van der Waals surface area contributed by atoms with Gasteiger partial charge in [0.25, 0.3) is 5.91 Å². The van der Waals surface area contributed by atoms with Crippen molar-refractivity contribution in [2.45, 2.75) is 19.8 Å². The Bertz CT molecular complexity index is 680. The minimum Gasteiger partial charge on any atom is -0.456 e. The van der Waals surface area contributed by atoms with Crippen LogP contribution in [0.25, 0.3) is 10.2 Å². The number of benzene rings is 1. The zero-order chi connectivity index (χ0) is 16.7. The lowest BCUT2D eigenvalue weighted by atomic mass is 10.3. The van der Waals surface area contributed by atoms with Crippen LogP contribution in [0.4, 0.5) is 4.79 Å². The second-order valence-corrected chi connectivity index (χ2v) is 5.62. The monoisotopic (exact) mass is 336 g/mol. The summed E-state index contributed by atoms with van der Waals surface area (Å²) in [5.74, 6) is -1.25. The number of carbonyl (C=O) groups is 3. The number of alkyl carbamates (subject to hydrolysis) is 1. The first-order chi connectivity index (χ1) is 11.1. The van der Waals surface area contributed by atoms with Crippen molar-refractivity contribution in [3.05, 3.63) is 29.3 Å². The van der Waals surface area contributed by atoms with E-state index in [0.29, 0.717) is 6.42 Å². The van der Waals surface area contributed by atoms with E-state index in [4.69, 9.17) is 4.74 Å². The van der Waals surface area contributed by atoms with Crippen molar-refractivity contribution < 1.29 is 23.9 Å². The van der Waals surface area contributed by atoms with Crippen molar-refractivity contribution in [2.75, 3.05) is 13.2 Å². The van der Waals surface area contributed by atoms with E-state index in [9.17, 15) is 14.4 Å². The summed E-state index contributed by atoms with van der Waals surface area (Å²) in [5.41, 5.74) is 0.898. The lowest BCUT2D eigenvalue weighted by Gasteiger charge is -2.05. The number of amides is 2. The Morgan fingerprint density at radius 3 is 2.74 bits per heavy atom. The first kappa shape index (κ1) is 16.9. The molecule has 0 bridgehead atoms. The lowest BCUT2D eigenvalue weighted by molar-refractivity contribution is -0.148. The highest BCUT2D eigenvalue weighted by Crippen LogP contribution is 2.22. The molecule has 23 heavy (non-hydrogen) atoms. The number of ether oxygens (including phenoxy) is 2. The minimum absolute atomic E-state index is 0.118. The van der Waals surface area contributed by atoms with Gasteiger partial charge < -0.3 is 9.47 Å². The fourth-order valence-electron chi connectivity index (χ4n) is 1.77. The van der Waals surface area contributed by atoms with Crippen molar-refractivity contribution in [3.63, 3.8) is 0 Å². The molecule has 122 valence electrons. The number of hydrogen-bond donors (Lipinski definition) is 1. The predicted molar refractivity (Wildman–Crippen MR) is 84.1 cm³/mol. The van der Waals surface area contributed by atoms with Crippen molar-refractivity contribution in [1.82, 2.24) is 10.3 Å². The number of thiazole rings is 1. The van der Waals surface area contributed by atoms with Crippen LogP contribution >= 0.6 is 11.3 Å². The van der Waals surface area contributed by atoms with Crippen molar-refractivity contribution >= 4 is 39.5 Å². The molecule has 0 aliphatic rings. The standard InChI is InChI=1S/C15H16N2O5S/c1-2-21-15(20)17-12(18)9-22-14(19)8-7-13-16-10-5-3-4-6-11(10)23-13/h3-6H,2,7-9H2,1H3,(H,17,18,20). The van der Waals surface area contributed by atoms with Crippen LogP contribution in [0.5, 0.6) is 0 Å². The van der Waals surface area contributed by atoms with E-state index in [1.54, 1.807) is 6.92 Å².